The lowest BCUT2D eigenvalue weighted by Gasteiger charge is -2.37. The summed E-state index contributed by atoms with van der Waals surface area (Å²) in [6, 6.07) is 7.19. The molecule has 0 saturated carbocycles. The third-order valence-electron chi connectivity index (χ3n) is 4.57. The van der Waals surface area contributed by atoms with Crippen molar-refractivity contribution in [2.45, 2.75) is 46.1 Å². The summed E-state index contributed by atoms with van der Waals surface area (Å²) in [6.45, 7) is 13.5. The minimum Gasteiger partial charge on any atom is -0.496 e. The largest absolute Gasteiger partial charge is 0.496 e. The summed E-state index contributed by atoms with van der Waals surface area (Å²) in [5, 5.41) is 3.46. The molecule has 1 aromatic carbocycles. The van der Waals surface area contributed by atoms with Crippen LogP contribution in [0.15, 0.2) is 18.2 Å². The first-order chi connectivity index (χ1) is 10.5. The van der Waals surface area contributed by atoms with Crippen LogP contribution >= 0.6 is 0 Å². The van der Waals surface area contributed by atoms with Crippen LogP contribution in [0.5, 0.6) is 5.75 Å². The summed E-state index contributed by atoms with van der Waals surface area (Å²) in [4.78, 5) is 2.62. The average Bonchev–Trinajstić information content (AvgIpc) is 2.52. The van der Waals surface area contributed by atoms with Crippen molar-refractivity contribution in [1.82, 2.24) is 10.2 Å². The molecule has 1 saturated heterocycles. The molecule has 1 N–H and O–H groups in total. The number of benzene rings is 1. The highest BCUT2D eigenvalue weighted by molar-refractivity contribution is 5.40. The lowest BCUT2D eigenvalue weighted by atomic mass is 9.91. The predicted octanol–water partition coefficient (Wildman–Crippen LogP) is 3.81. The van der Waals surface area contributed by atoms with Gasteiger partial charge in [0, 0.05) is 37.8 Å². The van der Waals surface area contributed by atoms with Crippen molar-refractivity contribution in [3.8, 4) is 5.75 Å². The molecule has 0 unspecified atom stereocenters. The second kappa shape index (κ2) is 7.98. The van der Waals surface area contributed by atoms with E-state index in [9.17, 15) is 0 Å². The van der Waals surface area contributed by atoms with Gasteiger partial charge in [-0.1, -0.05) is 39.8 Å². The number of piperazine rings is 1. The zero-order chi connectivity index (χ0) is 16.1. The highest BCUT2D eigenvalue weighted by Crippen LogP contribution is 2.36. The second-order valence-electron chi connectivity index (χ2n) is 7.09. The summed E-state index contributed by atoms with van der Waals surface area (Å²) in [7, 11) is 1.79. The van der Waals surface area contributed by atoms with Gasteiger partial charge in [0.25, 0.3) is 0 Å². The smallest absolute Gasteiger partial charge is 0.123 e. The van der Waals surface area contributed by atoms with Crippen LogP contribution in [0.4, 0.5) is 0 Å². The van der Waals surface area contributed by atoms with Crippen molar-refractivity contribution in [2.75, 3.05) is 33.3 Å². The fourth-order valence-corrected chi connectivity index (χ4v) is 3.29. The highest BCUT2D eigenvalue weighted by Gasteiger charge is 2.26. The Hall–Kier alpha value is -1.06. The van der Waals surface area contributed by atoms with Crippen LogP contribution in [0.2, 0.25) is 0 Å². The Morgan fingerprint density at radius 3 is 2.36 bits per heavy atom. The quantitative estimate of drug-likeness (QED) is 0.865. The van der Waals surface area contributed by atoms with Gasteiger partial charge in [-0.3, -0.25) is 4.90 Å². The van der Waals surface area contributed by atoms with Crippen LogP contribution < -0.4 is 10.1 Å². The van der Waals surface area contributed by atoms with Gasteiger partial charge in [-0.05, 0) is 29.9 Å². The fraction of sp³-hybridized carbons (Fsp3) is 0.684. The molecule has 1 aromatic rings. The Kier molecular flexibility index (Phi) is 6.27. The zero-order valence-corrected chi connectivity index (χ0v) is 14.9. The van der Waals surface area contributed by atoms with Gasteiger partial charge in [0.1, 0.15) is 5.75 Å². The Morgan fingerprint density at radius 2 is 1.82 bits per heavy atom. The molecule has 1 fully saturated rings. The molecule has 1 heterocycles. The van der Waals surface area contributed by atoms with E-state index in [0.717, 1.165) is 31.9 Å². The maximum absolute atomic E-state index is 5.69. The van der Waals surface area contributed by atoms with Gasteiger partial charge in [0.05, 0.1) is 7.11 Å². The molecular weight excluding hydrogens is 272 g/mol. The van der Waals surface area contributed by atoms with Gasteiger partial charge in [0.15, 0.2) is 0 Å². The van der Waals surface area contributed by atoms with Gasteiger partial charge in [-0.2, -0.15) is 0 Å². The van der Waals surface area contributed by atoms with Crippen LogP contribution in [0, 0.1) is 5.92 Å². The topological polar surface area (TPSA) is 24.5 Å². The molecule has 124 valence electrons. The maximum Gasteiger partial charge on any atom is 0.123 e. The number of nitrogens with one attached hydrogen (secondary N) is 1. The van der Waals surface area contributed by atoms with E-state index in [0.29, 0.717) is 17.9 Å². The number of hydrogen-bond donors (Lipinski definition) is 1. The molecule has 0 radical (unpaired) electrons. The standard InChI is InChI=1S/C19H32N2O/c1-14(2)12-18(21-10-8-20-9-11-21)17-13-16(15(3)4)6-7-19(17)22-5/h6-7,13-15,18,20H,8-12H2,1-5H3/t18-/m0/s1. The molecule has 2 rings (SSSR count). The molecule has 0 aromatic heterocycles. The fourth-order valence-electron chi connectivity index (χ4n) is 3.29. The van der Waals surface area contributed by atoms with E-state index in [4.69, 9.17) is 4.74 Å². The van der Waals surface area contributed by atoms with E-state index in [1.165, 1.54) is 17.5 Å². The second-order valence-corrected chi connectivity index (χ2v) is 7.09. The van der Waals surface area contributed by atoms with Crippen LogP contribution in [0.1, 0.15) is 57.2 Å². The normalized spacial score (nSPS) is 18.0. The molecule has 3 nitrogen and oxygen atoms in total. The van der Waals surface area contributed by atoms with Crippen molar-refractivity contribution in [2.24, 2.45) is 5.92 Å². The molecule has 0 amide bonds. The Bertz CT molecular complexity index is 465. The molecule has 22 heavy (non-hydrogen) atoms. The first kappa shape index (κ1) is 17.3. The minimum absolute atomic E-state index is 0.454. The summed E-state index contributed by atoms with van der Waals surface area (Å²) < 4.78 is 5.69. The van der Waals surface area contributed by atoms with Gasteiger partial charge >= 0.3 is 0 Å². The van der Waals surface area contributed by atoms with E-state index in [-0.39, 0.29) is 0 Å². The molecule has 0 aliphatic carbocycles. The van der Waals surface area contributed by atoms with Crippen LogP contribution in [-0.4, -0.2) is 38.2 Å². The van der Waals surface area contributed by atoms with Gasteiger partial charge in [-0.25, -0.2) is 0 Å². The van der Waals surface area contributed by atoms with Crippen LogP contribution in [-0.2, 0) is 0 Å². The molecule has 1 aliphatic rings. The predicted molar refractivity (Wildman–Crippen MR) is 93.7 cm³/mol. The first-order valence-corrected chi connectivity index (χ1v) is 8.65. The summed E-state index contributed by atoms with van der Waals surface area (Å²) in [5.74, 6) is 2.26. The van der Waals surface area contributed by atoms with E-state index < -0.39 is 0 Å². The van der Waals surface area contributed by atoms with Gasteiger partial charge in [0.2, 0.25) is 0 Å². The van der Waals surface area contributed by atoms with E-state index in [1.807, 2.05) is 0 Å². The van der Waals surface area contributed by atoms with Gasteiger partial charge < -0.3 is 10.1 Å². The van der Waals surface area contributed by atoms with Crippen molar-refractivity contribution >= 4 is 0 Å². The molecule has 0 bridgehead atoms. The minimum atomic E-state index is 0.454. The van der Waals surface area contributed by atoms with Crippen LogP contribution in [0.25, 0.3) is 0 Å². The maximum atomic E-state index is 5.69. The number of ether oxygens (including phenoxy) is 1. The zero-order valence-electron chi connectivity index (χ0n) is 14.9. The van der Waals surface area contributed by atoms with E-state index in [2.05, 4.69) is 56.1 Å². The SMILES string of the molecule is COc1ccc(C(C)C)cc1[C@H](CC(C)C)N1CCNCC1. The molecule has 0 spiro atoms. The Labute approximate surface area is 136 Å². The lowest BCUT2D eigenvalue weighted by Crippen LogP contribution is -2.45. The van der Waals surface area contributed by atoms with Gasteiger partial charge in [-0.15, -0.1) is 0 Å². The number of methoxy groups -OCH3 is 1. The number of nitrogens with zero attached hydrogens (tertiary/aromatic N) is 1. The summed E-state index contributed by atoms with van der Waals surface area (Å²) in [6.07, 6.45) is 1.18. The Morgan fingerprint density at radius 1 is 1.14 bits per heavy atom. The summed E-state index contributed by atoms with van der Waals surface area (Å²) in [5.41, 5.74) is 2.77. The van der Waals surface area contributed by atoms with Crippen molar-refractivity contribution in [3.63, 3.8) is 0 Å². The number of rotatable bonds is 6. The highest BCUT2D eigenvalue weighted by atomic mass is 16.5. The summed E-state index contributed by atoms with van der Waals surface area (Å²) >= 11 is 0. The molecule has 3 heteroatoms. The number of hydrogen-bond acceptors (Lipinski definition) is 3. The Balaban J connectivity index is 2.37. The lowest BCUT2D eigenvalue weighted by molar-refractivity contribution is 0.151. The van der Waals surface area contributed by atoms with Crippen molar-refractivity contribution in [1.29, 1.82) is 0 Å². The molecule has 1 atom stereocenters. The van der Waals surface area contributed by atoms with Crippen molar-refractivity contribution in [3.05, 3.63) is 29.3 Å². The average molecular weight is 304 g/mol. The van der Waals surface area contributed by atoms with Crippen LogP contribution in [0.3, 0.4) is 0 Å². The first-order valence-electron chi connectivity index (χ1n) is 8.65. The van der Waals surface area contributed by atoms with Crippen molar-refractivity contribution < 1.29 is 4.74 Å². The monoisotopic (exact) mass is 304 g/mol. The molecular formula is C19H32N2O. The molecule has 1 aliphatic heterocycles. The third kappa shape index (κ3) is 4.23. The van der Waals surface area contributed by atoms with E-state index in [1.54, 1.807) is 7.11 Å². The van der Waals surface area contributed by atoms with E-state index >= 15 is 0 Å². The third-order valence-corrected chi connectivity index (χ3v) is 4.57.